The summed E-state index contributed by atoms with van der Waals surface area (Å²) in [5, 5.41) is 21.5. The molecule has 1 aromatic carbocycles. The molecule has 1 atom stereocenters. The van der Waals surface area contributed by atoms with Crippen LogP contribution in [0.1, 0.15) is 17.2 Å². The van der Waals surface area contributed by atoms with Crippen LogP contribution in [0.2, 0.25) is 0 Å². The molecule has 0 amide bonds. The lowest BCUT2D eigenvalue weighted by molar-refractivity contribution is 0.178. The molecule has 0 aliphatic carbocycles. The standard InChI is InChI=1S/C15H13NO2S/c17-12-3-1-10(2-4-12)7-14(18)11-8-15-13(16-9-11)5-6-19-15/h1-6,8-9,14,17-18H,7H2. The Morgan fingerprint density at radius 3 is 2.74 bits per heavy atom. The number of pyridine rings is 1. The first-order valence-electron chi connectivity index (χ1n) is 6.01. The van der Waals surface area contributed by atoms with Crippen LogP contribution in [0, 0.1) is 0 Å². The van der Waals surface area contributed by atoms with Crippen molar-refractivity contribution in [2.24, 2.45) is 0 Å². The molecule has 4 heteroatoms. The highest BCUT2D eigenvalue weighted by atomic mass is 32.1. The molecule has 0 bridgehead atoms. The van der Waals surface area contributed by atoms with Gasteiger partial charge >= 0.3 is 0 Å². The fraction of sp³-hybridized carbons (Fsp3) is 0.133. The summed E-state index contributed by atoms with van der Waals surface area (Å²) < 4.78 is 1.09. The lowest BCUT2D eigenvalue weighted by Crippen LogP contribution is -2.02. The molecule has 3 rings (SSSR count). The van der Waals surface area contributed by atoms with E-state index in [1.165, 1.54) is 0 Å². The SMILES string of the molecule is Oc1ccc(CC(O)c2cnc3ccsc3c2)cc1. The Morgan fingerprint density at radius 2 is 1.95 bits per heavy atom. The first-order chi connectivity index (χ1) is 9.22. The van der Waals surface area contributed by atoms with Crippen LogP contribution in [0.15, 0.2) is 48.0 Å². The van der Waals surface area contributed by atoms with Crippen molar-refractivity contribution in [2.75, 3.05) is 0 Å². The molecule has 19 heavy (non-hydrogen) atoms. The molecule has 0 spiro atoms. The molecule has 0 aliphatic heterocycles. The van der Waals surface area contributed by atoms with Gasteiger partial charge < -0.3 is 10.2 Å². The van der Waals surface area contributed by atoms with Gasteiger partial charge in [-0.3, -0.25) is 4.98 Å². The van der Waals surface area contributed by atoms with Crippen molar-refractivity contribution in [3.8, 4) is 5.75 Å². The van der Waals surface area contributed by atoms with Gasteiger partial charge in [0.1, 0.15) is 5.75 Å². The van der Waals surface area contributed by atoms with E-state index in [4.69, 9.17) is 0 Å². The Hall–Kier alpha value is -1.91. The number of aliphatic hydroxyl groups excluding tert-OH is 1. The Balaban J connectivity index is 1.82. The number of hydrogen-bond donors (Lipinski definition) is 2. The van der Waals surface area contributed by atoms with Crippen molar-refractivity contribution in [2.45, 2.75) is 12.5 Å². The van der Waals surface area contributed by atoms with E-state index >= 15 is 0 Å². The van der Waals surface area contributed by atoms with Gasteiger partial charge in [-0.1, -0.05) is 12.1 Å². The maximum atomic E-state index is 10.2. The zero-order valence-electron chi connectivity index (χ0n) is 10.2. The minimum atomic E-state index is -0.580. The predicted molar refractivity (Wildman–Crippen MR) is 76.4 cm³/mol. The number of phenols is 1. The second-order valence-corrected chi connectivity index (χ2v) is 5.41. The van der Waals surface area contributed by atoms with Gasteiger partial charge in [0.05, 0.1) is 16.3 Å². The first kappa shape index (κ1) is 12.1. The van der Waals surface area contributed by atoms with Gasteiger partial charge in [0.15, 0.2) is 0 Å². The molecule has 0 saturated heterocycles. The fourth-order valence-corrected chi connectivity index (χ4v) is 2.81. The number of thiophene rings is 1. The maximum absolute atomic E-state index is 10.2. The number of benzene rings is 1. The van der Waals surface area contributed by atoms with E-state index in [2.05, 4.69) is 4.98 Å². The molecular formula is C15H13NO2S. The number of aromatic nitrogens is 1. The van der Waals surface area contributed by atoms with Crippen molar-refractivity contribution in [1.82, 2.24) is 4.98 Å². The number of nitrogens with zero attached hydrogens (tertiary/aromatic N) is 1. The number of aromatic hydroxyl groups is 1. The number of rotatable bonds is 3. The highest BCUT2D eigenvalue weighted by Gasteiger charge is 2.10. The zero-order chi connectivity index (χ0) is 13.2. The summed E-state index contributed by atoms with van der Waals surface area (Å²) in [4.78, 5) is 4.33. The molecule has 0 fully saturated rings. The lowest BCUT2D eigenvalue weighted by Gasteiger charge is -2.11. The van der Waals surface area contributed by atoms with E-state index in [0.717, 1.165) is 21.3 Å². The molecular weight excluding hydrogens is 258 g/mol. The van der Waals surface area contributed by atoms with Crippen LogP contribution in [-0.2, 0) is 6.42 Å². The van der Waals surface area contributed by atoms with E-state index in [0.29, 0.717) is 6.42 Å². The van der Waals surface area contributed by atoms with E-state index in [-0.39, 0.29) is 5.75 Å². The number of aliphatic hydroxyl groups is 1. The first-order valence-corrected chi connectivity index (χ1v) is 6.89. The summed E-state index contributed by atoms with van der Waals surface area (Å²) in [5.41, 5.74) is 2.77. The van der Waals surface area contributed by atoms with Crippen LogP contribution < -0.4 is 0 Å². The minimum Gasteiger partial charge on any atom is -0.508 e. The summed E-state index contributed by atoms with van der Waals surface area (Å²) in [7, 11) is 0. The van der Waals surface area contributed by atoms with Crippen LogP contribution in [0.3, 0.4) is 0 Å². The molecule has 3 nitrogen and oxygen atoms in total. The van der Waals surface area contributed by atoms with Crippen LogP contribution in [0.4, 0.5) is 0 Å². The molecule has 1 unspecified atom stereocenters. The molecule has 3 aromatic rings. The number of fused-ring (bicyclic) bond motifs is 1. The van der Waals surface area contributed by atoms with Crippen molar-refractivity contribution < 1.29 is 10.2 Å². The third kappa shape index (κ3) is 2.59. The van der Waals surface area contributed by atoms with Crippen LogP contribution >= 0.6 is 11.3 Å². The summed E-state index contributed by atoms with van der Waals surface area (Å²) in [5.74, 6) is 0.236. The van der Waals surface area contributed by atoms with Gasteiger partial charge in [-0.25, -0.2) is 0 Å². The van der Waals surface area contributed by atoms with Gasteiger partial charge in [-0.15, -0.1) is 11.3 Å². The van der Waals surface area contributed by atoms with Crippen LogP contribution in [-0.4, -0.2) is 15.2 Å². The van der Waals surface area contributed by atoms with Crippen molar-refractivity contribution in [1.29, 1.82) is 0 Å². The van der Waals surface area contributed by atoms with Gasteiger partial charge in [-0.2, -0.15) is 0 Å². The predicted octanol–water partition coefficient (Wildman–Crippen LogP) is 3.28. The third-order valence-corrected chi connectivity index (χ3v) is 3.93. The highest BCUT2D eigenvalue weighted by molar-refractivity contribution is 7.17. The molecule has 0 aliphatic rings. The normalized spacial score (nSPS) is 12.7. The Labute approximate surface area is 114 Å². The number of hydrogen-bond acceptors (Lipinski definition) is 4. The quantitative estimate of drug-likeness (QED) is 0.768. The second kappa shape index (κ2) is 4.99. The van der Waals surface area contributed by atoms with Gasteiger partial charge in [0.2, 0.25) is 0 Å². The van der Waals surface area contributed by atoms with Gasteiger partial charge in [0.25, 0.3) is 0 Å². The second-order valence-electron chi connectivity index (χ2n) is 4.46. The summed E-state index contributed by atoms with van der Waals surface area (Å²) >= 11 is 1.62. The molecule has 2 aromatic heterocycles. The van der Waals surface area contributed by atoms with Gasteiger partial charge in [-0.05, 0) is 35.2 Å². The smallest absolute Gasteiger partial charge is 0.115 e. The van der Waals surface area contributed by atoms with E-state index < -0.39 is 6.10 Å². The Bertz CT molecular complexity index is 691. The van der Waals surface area contributed by atoms with Crippen molar-refractivity contribution in [3.63, 3.8) is 0 Å². The molecule has 96 valence electrons. The van der Waals surface area contributed by atoms with E-state index in [9.17, 15) is 10.2 Å². The molecule has 2 heterocycles. The van der Waals surface area contributed by atoms with Gasteiger partial charge in [0, 0.05) is 18.2 Å². The maximum Gasteiger partial charge on any atom is 0.115 e. The van der Waals surface area contributed by atoms with E-state index in [1.54, 1.807) is 29.7 Å². The van der Waals surface area contributed by atoms with Crippen molar-refractivity contribution >= 4 is 21.6 Å². The summed E-state index contributed by atoms with van der Waals surface area (Å²) in [6, 6.07) is 10.8. The molecule has 2 N–H and O–H groups in total. The van der Waals surface area contributed by atoms with Crippen molar-refractivity contribution in [3.05, 3.63) is 59.1 Å². The highest BCUT2D eigenvalue weighted by Crippen LogP contribution is 2.25. The fourth-order valence-electron chi connectivity index (χ4n) is 2.02. The average Bonchev–Trinajstić information content (AvgIpc) is 2.88. The Kier molecular flexibility index (Phi) is 3.19. The number of phenolic OH excluding ortho intramolecular Hbond substituents is 1. The molecule has 0 radical (unpaired) electrons. The Morgan fingerprint density at radius 1 is 1.16 bits per heavy atom. The average molecular weight is 271 g/mol. The summed E-state index contributed by atoms with van der Waals surface area (Å²) in [6.45, 7) is 0. The van der Waals surface area contributed by atoms with E-state index in [1.807, 2.05) is 29.6 Å². The minimum absolute atomic E-state index is 0.236. The largest absolute Gasteiger partial charge is 0.508 e. The monoisotopic (exact) mass is 271 g/mol. The topological polar surface area (TPSA) is 53.4 Å². The van der Waals surface area contributed by atoms with Crippen LogP contribution in [0.25, 0.3) is 10.2 Å². The summed E-state index contributed by atoms with van der Waals surface area (Å²) in [6.07, 6.45) is 1.66. The van der Waals surface area contributed by atoms with Crippen LogP contribution in [0.5, 0.6) is 5.75 Å². The zero-order valence-corrected chi connectivity index (χ0v) is 11.0. The molecule has 0 saturated carbocycles. The lowest BCUT2D eigenvalue weighted by atomic mass is 10.0. The third-order valence-electron chi connectivity index (χ3n) is 3.07.